The summed E-state index contributed by atoms with van der Waals surface area (Å²) in [6.07, 6.45) is 1.00. The van der Waals surface area contributed by atoms with Crippen LogP contribution in [-0.4, -0.2) is 96.8 Å². The Balaban J connectivity index is 1.66. The zero-order chi connectivity index (χ0) is 33.5. The van der Waals surface area contributed by atoms with Gasteiger partial charge in [0, 0.05) is 50.5 Å². The van der Waals surface area contributed by atoms with Gasteiger partial charge in [0.1, 0.15) is 12.3 Å². The summed E-state index contributed by atoms with van der Waals surface area (Å²) in [6.45, 7) is 8.75. The van der Waals surface area contributed by atoms with E-state index in [1.54, 1.807) is 25.7 Å². The molecule has 0 spiro atoms. The molecule has 1 aliphatic heterocycles. The van der Waals surface area contributed by atoms with Crippen LogP contribution in [-0.2, 0) is 36.9 Å². The third-order valence-corrected chi connectivity index (χ3v) is 7.68. The smallest absolute Gasteiger partial charge is 0.339 e. The van der Waals surface area contributed by atoms with Crippen molar-refractivity contribution in [1.29, 1.82) is 0 Å². The highest BCUT2D eigenvalue weighted by atomic mass is 16.5. The zero-order valence-electron chi connectivity index (χ0n) is 27.2. The first-order valence-electron chi connectivity index (χ1n) is 15.8. The summed E-state index contributed by atoms with van der Waals surface area (Å²) < 4.78 is 5.42. The lowest BCUT2D eigenvalue weighted by atomic mass is 9.83. The molecule has 46 heavy (non-hydrogen) atoms. The van der Waals surface area contributed by atoms with E-state index in [4.69, 9.17) is 10.5 Å². The molecule has 4 N–H and O–H groups in total. The highest BCUT2D eigenvalue weighted by Gasteiger charge is 2.30. The van der Waals surface area contributed by atoms with Gasteiger partial charge in [-0.1, -0.05) is 81.4 Å². The molecule has 0 aromatic heterocycles. The molecule has 0 saturated carbocycles. The van der Waals surface area contributed by atoms with Crippen molar-refractivity contribution in [3.05, 3.63) is 71.8 Å². The van der Waals surface area contributed by atoms with Gasteiger partial charge in [-0.15, -0.1) is 0 Å². The molecule has 1 unspecified atom stereocenters. The number of carbonyl (C=O) groups is 5. The average molecular weight is 637 g/mol. The van der Waals surface area contributed by atoms with Crippen LogP contribution in [0.3, 0.4) is 0 Å². The first-order valence-corrected chi connectivity index (χ1v) is 15.8. The average Bonchev–Trinajstić information content (AvgIpc) is 3.03. The van der Waals surface area contributed by atoms with Gasteiger partial charge in [0.15, 0.2) is 0 Å². The van der Waals surface area contributed by atoms with Crippen LogP contribution in [0.15, 0.2) is 60.7 Å². The van der Waals surface area contributed by atoms with E-state index in [1.807, 2.05) is 60.7 Å². The maximum absolute atomic E-state index is 13.7. The lowest BCUT2D eigenvalue weighted by Gasteiger charge is -2.32. The molecular weight excluding hydrogens is 588 g/mol. The number of rotatable bonds is 15. The van der Waals surface area contributed by atoms with Gasteiger partial charge >= 0.3 is 6.03 Å². The van der Waals surface area contributed by atoms with Crippen molar-refractivity contribution in [1.82, 2.24) is 25.6 Å². The third-order valence-electron chi connectivity index (χ3n) is 7.68. The quantitative estimate of drug-likeness (QED) is 0.253. The number of hydrogen-bond donors (Lipinski definition) is 3. The van der Waals surface area contributed by atoms with Crippen molar-refractivity contribution in [3.8, 4) is 0 Å². The molecule has 2 aromatic rings. The summed E-state index contributed by atoms with van der Waals surface area (Å²) in [4.78, 5) is 68.6. The van der Waals surface area contributed by atoms with E-state index in [-0.39, 0.29) is 18.7 Å². The summed E-state index contributed by atoms with van der Waals surface area (Å²) >= 11 is 0. The van der Waals surface area contributed by atoms with E-state index in [1.165, 1.54) is 0 Å². The predicted octanol–water partition coefficient (Wildman–Crippen LogP) is 2.13. The second-order valence-corrected chi connectivity index (χ2v) is 12.6. The summed E-state index contributed by atoms with van der Waals surface area (Å²) in [7, 11) is 0. The number of amides is 5. The maximum atomic E-state index is 13.7. The molecule has 12 heteroatoms. The Morgan fingerprint density at radius 1 is 0.935 bits per heavy atom. The Bertz CT molecular complexity index is 1290. The summed E-state index contributed by atoms with van der Waals surface area (Å²) in [5, 5.41) is 3.50. The largest absolute Gasteiger partial charge is 0.379 e. The number of ether oxygens (including phenoxy) is 1. The molecule has 250 valence electrons. The molecule has 0 bridgehead atoms. The minimum Gasteiger partial charge on any atom is -0.379 e. The van der Waals surface area contributed by atoms with Crippen molar-refractivity contribution in [2.24, 2.45) is 17.1 Å². The number of nitrogens with two attached hydrogens (primary N) is 1. The second-order valence-electron chi connectivity index (χ2n) is 12.6. The van der Waals surface area contributed by atoms with Gasteiger partial charge in [0.2, 0.25) is 11.8 Å². The number of ketones is 1. The van der Waals surface area contributed by atoms with Crippen molar-refractivity contribution in [2.45, 2.75) is 46.6 Å². The van der Waals surface area contributed by atoms with Gasteiger partial charge < -0.3 is 20.7 Å². The summed E-state index contributed by atoms with van der Waals surface area (Å²) in [5.74, 6) is -2.75. The first-order chi connectivity index (χ1) is 21.9. The fourth-order valence-corrected chi connectivity index (χ4v) is 5.03. The van der Waals surface area contributed by atoms with Crippen molar-refractivity contribution in [2.75, 3.05) is 52.5 Å². The van der Waals surface area contributed by atoms with Crippen LogP contribution in [0.4, 0.5) is 4.79 Å². The molecule has 5 amide bonds. The van der Waals surface area contributed by atoms with E-state index in [9.17, 15) is 24.0 Å². The number of morpholine rings is 1. The van der Waals surface area contributed by atoms with E-state index in [0.717, 1.165) is 35.8 Å². The monoisotopic (exact) mass is 636 g/mol. The van der Waals surface area contributed by atoms with Crippen LogP contribution in [0.1, 0.15) is 44.7 Å². The number of benzene rings is 2. The van der Waals surface area contributed by atoms with Crippen molar-refractivity contribution < 1.29 is 28.7 Å². The zero-order valence-corrected chi connectivity index (χ0v) is 27.2. The lowest BCUT2D eigenvalue weighted by Crippen LogP contribution is -2.56. The van der Waals surface area contributed by atoms with Crippen LogP contribution in [0.5, 0.6) is 0 Å². The molecule has 1 saturated heterocycles. The number of hydrazine groups is 1. The van der Waals surface area contributed by atoms with Gasteiger partial charge in [-0.2, -0.15) is 0 Å². The number of carbonyl (C=O) groups excluding carboxylic acids is 5. The van der Waals surface area contributed by atoms with Crippen LogP contribution >= 0.6 is 0 Å². The molecule has 2 aromatic carbocycles. The Labute approximate surface area is 271 Å². The number of Topliss-reactive ketones (excluding diaryl/α,β-unsaturated/α-hetero) is 1. The van der Waals surface area contributed by atoms with E-state index in [2.05, 4.69) is 15.6 Å². The van der Waals surface area contributed by atoms with E-state index < -0.39 is 48.2 Å². The number of nitrogens with one attached hydrogen (secondary N) is 2. The normalized spacial score (nSPS) is 14.2. The molecule has 1 fully saturated rings. The topological polar surface area (TPSA) is 154 Å². The fourth-order valence-electron chi connectivity index (χ4n) is 5.03. The number of hydrogen-bond acceptors (Lipinski definition) is 7. The van der Waals surface area contributed by atoms with E-state index >= 15 is 0 Å². The predicted molar refractivity (Wildman–Crippen MR) is 174 cm³/mol. The minimum atomic E-state index is -0.811. The van der Waals surface area contributed by atoms with Gasteiger partial charge in [0.05, 0.1) is 19.8 Å². The van der Waals surface area contributed by atoms with Gasteiger partial charge in [-0.3, -0.25) is 29.5 Å². The Morgan fingerprint density at radius 3 is 2.13 bits per heavy atom. The Hall–Kier alpha value is -4.29. The van der Waals surface area contributed by atoms with Crippen LogP contribution in [0.25, 0.3) is 0 Å². The van der Waals surface area contributed by atoms with Gasteiger partial charge in [-0.25, -0.2) is 9.80 Å². The Kier molecular flexibility index (Phi) is 14.2. The molecule has 1 heterocycles. The first kappa shape index (κ1) is 36.2. The lowest BCUT2D eigenvalue weighted by molar-refractivity contribution is -0.134. The van der Waals surface area contributed by atoms with Crippen LogP contribution in [0.2, 0.25) is 0 Å². The standard InChI is InChI=1S/C34H48N6O6/c1-34(2,3)29(41)22-28(21-26-11-6-4-7-12-26)32(44)36-23-31(43)37-40(25-30(35)42)33(45)39(24-27-13-8-5-9-14-27)16-10-15-38-17-19-46-20-18-38/h4-9,11-14,28H,10,15-25H2,1-3H3,(H2,35,42)(H,36,44)(H,37,43). The molecule has 0 radical (unpaired) electrons. The second kappa shape index (κ2) is 18.0. The fraction of sp³-hybridized carbons (Fsp3) is 0.500. The third kappa shape index (κ3) is 12.6. The highest BCUT2D eigenvalue weighted by molar-refractivity contribution is 5.92. The van der Waals surface area contributed by atoms with Crippen LogP contribution < -0.4 is 16.5 Å². The molecule has 12 nitrogen and oxygen atoms in total. The molecule has 0 aliphatic carbocycles. The maximum Gasteiger partial charge on any atom is 0.339 e. The van der Waals surface area contributed by atoms with E-state index in [0.29, 0.717) is 32.6 Å². The number of primary amides is 1. The molecule has 1 atom stereocenters. The Morgan fingerprint density at radius 2 is 1.54 bits per heavy atom. The summed E-state index contributed by atoms with van der Waals surface area (Å²) in [5.41, 5.74) is 9.05. The molecule has 3 rings (SSSR count). The van der Waals surface area contributed by atoms with Crippen LogP contribution in [0, 0.1) is 11.3 Å². The molecule has 1 aliphatic rings. The van der Waals surface area contributed by atoms with Gasteiger partial charge in [0.25, 0.3) is 5.91 Å². The number of nitrogens with zero attached hydrogens (tertiary/aromatic N) is 3. The minimum absolute atomic E-state index is 0.0109. The van der Waals surface area contributed by atoms with Crippen molar-refractivity contribution in [3.63, 3.8) is 0 Å². The SMILES string of the molecule is CC(C)(C)C(=O)CC(Cc1ccccc1)C(=O)NCC(=O)NN(CC(N)=O)C(=O)N(CCCN1CCOCC1)Cc1ccccc1. The van der Waals surface area contributed by atoms with Gasteiger partial charge in [-0.05, 0) is 24.0 Å². The summed E-state index contributed by atoms with van der Waals surface area (Å²) in [6, 6.07) is 18.2. The number of urea groups is 1. The highest BCUT2D eigenvalue weighted by Crippen LogP contribution is 2.22. The molecular formula is C34H48N6O6. The van der Waals surface area contributed by atoms with Crippen molar-refractivity contribution >= 4 is 29.5 Å².